The van der Waals surface area contributed by atoms with Crippen molar-refractivity contribution in [2.75, 3.05) is 20.0 Å². The molecule has 5 rings (SSSR count). The number of nitrogen functional groups attached to an aromatic ring is 1. The molecule has 298 valence electrons. The van der Waals surface area contributed by atoms with Crippen LogP contribution in [0, 0.1) is 34.6 Å². The summed E-state index contributed by atoms with van der Waals surface area (Å²) in [5.41, 5.74) is 10.2. The summed E-state index contributed by atoms with van der Waals surface area (Å²) in [4.78, 5) is 65.9. The Balaban J connectivity index is -0.000000672. The predicted octanol–water partition coefficient (Wildman–Crippen LogP) is 0.0343. The number of hydrogen-bond donors (Lipinski definition) is 3. The second-order valence-corrected chi connectivity index (χ2v) is 10.7. The van der Waals surface area contributed by atoms with Crippen molar-refractivity contribution in [2.24, 2.45) is 5.25 Å². The number of pyridine rings is 3. The summed E-state index contributed by atoms with van der Waals surface area (Å²) in [6.07, 6.45) is 4.60. The van der Waals surface area contributed by atoms with E-state index in [0.717, 1.165) is 29.5 Å². The minimum atomic E-state index is -1.01. The van der Waals surface area contributed by atoms with Crippen molar-refractivity contribution in [3.63, 3.8) is 0 Å². The van der Waals surface area contributed by atoms with Crippen molar-refractivity contribution >= 4 is 47.1 Å². The predicted molar refractivity (Wildman–Crippen MR) is 201 cm³/mol. The van der Waals surface area contributed by atoms with Gasteiger partial charge in [-0.05, 0) is 100 Å². The zero-order valence-corrected chi connectivity index (χ0v) is 33.2. The van der Waals surface area contributed by atoms with Crippen LogP contribution < -0.4 is 29.8 Å². The number of esters is 2. The maximum atomic E-state index is 11.6. The molecule has 19 nitrogen and oxygen atoms in total. The third-order valence-corrected chi connectivity index (χ3v) is 6.51. The largest absolute Gasteiger partial charge is 1.00 e. The first kappa shape index (κ1) is 54.5. The molecule has 5 heterocycles. The molecule has 8 N–H and O–H groups in total. The van der Waals surface area contributed by atoms with Gasteiger partial charge in [0, 0.05) is 18.6 Å². The van der Waals surface area contributed by atoms with Crippen LogP contribution in [0.1, 0.15) is 62.4 Å². The second-order valence-electron chi connectivity index (χ2n) is 10.7. The quantitative estimate of drug-likeness (QED) is 0.0644. The van der Waals surface area contributed by atoms with Gasteiger partial charge in [-0.25, -0.2) is 44.0 Å². The molecule has 21 heteroatoms. The molecule has 0 amide bonds. The Kier molecular flexibility index (Phi) is 27.0. The zero-order valence-electron chi connectivity index (χ0n) is 32.5. The van der Waals surface area contributed by atoms with Crippen LogP contribution in [-0.4, -0.2) is 94.3 Å². The van der Waals surface area contributed by atoms with Crippen LogP contribution in [0.3, 0.4) is 0 Å². The van der Waals surface area contributed by atoms with Gasteiger partial charge in [0.25, 0.3) is 0 Å². The summed E-state index contributed by atoms with van der Waals surface area (Å²) in [5.74, 6) is -1.72. The topological polar surface area (TPSA) is 312 Å². The van der Waals surface area contributed by atoms with E-state index in [0.29, 0.717) is 28.8 Å². The monoisotopic (exact) mass is 793 g/mol. The molecule has 0 aliphatic carbocycles. The van der Waals surface area contributed by atoms with E-state index in [2.05, 4.69) is 46.9 Å². The van der Waals surface area contributed by atoms with Crippen LogP contribution in [0.4, 0.5) is 5.82 Å². The van der Waals surface area contributed by atoms with Gasteiger partial charge in [-0.15, -0.1) is 0 Å². The van der Waals surface area contributed by atoms with E-state index in [1.54, 1.807) is 37.6 Å². The number of hydrogen-bond acceptors (Lipinski definition) is 15. The van der Waals surface area contributed by atoms with Crippen molar-refractivity contribution in [3.05, 3.63) is 107 Å². The number of carbonyl (C=O) groups is 5. The van der Waals surface area contributed by atoms with Crippen molar-refractivity contribution in [2.45, 2.75) is 48.0 Å². The number of halogens is 1. The number of nitrogens with two attached hydrogens (primary N) is 2. The fourth-order valence-corrected chi connectivity index (χ4v) is 4.03. The molecule has 0 fully saturated rings. The van der Waals surface area contributed by atoms with Gasteiger partial charge in [-0.1, -0.05) is 18.2 Å². The molecular formula is C35H45ClLiN9O10. The Labute approximate surface area is 340 Å². The van der Waals surface area contributed by atoms with E-state index < -0.39 is 23.7 Å². The number of Topliss-reactive ketones (excluding diaryl/α,β-unsaturated/α-hetero) is 2. The molecule has 0 spiro atoms. The van der Waals surface area contributed by atoms with Crippen LogP contribution in [0.5, 0.6) is 0 Å². The summed E-state index contributed by atoms with van der Waals surface area (Å²) in [7, 11) is 2.45. The summed E-state index contributed by atoms with van der Waals surface area (Å²) < 4.78 is 11.7. The fourth-order valence-electron chi connectivity index (χ4n) is 4.03. The number of ether oxygens (including phenoxy) is 2. The number of carboxylic acids is 1. The van der Waals surface area contributed by atoms with Crippen molar-refractivity contribution in [3.8, 4) is 11.6 Å². The molecule has 0 atom stereocenters. The van der Waals surface area contributed by atoms with Gasteiger partial charge in [0.2, 0.25) is 5.78 Å². The van der Waals surface area contributed by atoms with Gasteiger partial charge in [0.1, 0.15) is 11.6 Å². The SMILES string of the molecule is COC(=O)C(=O)CC(C)=O.COC(=O)c1cc(C)nn1-c1ncccc1C.Cc1cc(C(=O)O)n(-c2ncccc2C)n1.Cc1cccnc1N.NCl.O.[Li+].[OH-]. The first-order valence-corrected chi connectivity index (χ1v) is 15.8. The average Bonchev–Trinajstić information content (AvgIpc) is 3.73. The number of ketones is 2. The summed E-state index contributed by atoms with van der Waals surface area (Å²) in [6, 6.07) is 14.4. The summed E-state index contributed by atoms with van der Waals surface area (Å²) in [6.45, 7) is 10.5. The van der Waals surface area contributed by atoms with Crippen molar-refractivity contribution < 1.29 is 68.4 Å². The molecule has 0 aromatic carbocycles. The van der Waals surface area contributed by atoms with E-state index in [1.807, 2.05) is 58.0 Å². The van der Waals surface area contributed by atoms with Crippen LogP contribution in [0.25, 0.3) is 11.6 Å². The number of nitrogens with zero attached hydrogens (tertiary/aromatic N) is 7. The van der Waals surface area contributed by atoms with E-state index in [1.165, 1.54) is 29.5 Å². The number of rotatable bonds is 7. The zero-order chi connectivity index (χ0) is 40.2. The number of aromatic carboxylic acids is 1. The Morgan fingerprint density at radius 2 is 1.14 bits per heavy atom. The molecular weight excluding hydrogens is 749 g/mol. The maximum absolute atomic E-state index is 11.6. The Hall–Kier alpha value is -5.81. The van der Waals surface area contributed by atoms with Crippen LogP contribution in [0.2, 0.25) is 0 Å². The van der Waals surface area contributed by atoms with Gasteiger partial charge < -0.3 is 31.3 Å². The molecule has 5 aromatic heterocycles. The van der Waals surface area contributed by atoms with Gasteiger partial charge in [-0.2, -0.15) is 10.2 Å². The number of carboxylic acid groups (broad SMARTS) is 1. The van der Waals surface area contributed by atoms with E-state index in [4.69, 9.17) is 15.6 Å². The molecule has 0 saturated heterocycles. The van der Waals surface area contributed by atoms with Crippen molar-refractivity contribution in [1.29, 1.82) is 0 Å². The average molecular weight is 794 g/mol. The Morgan fingerprint density at radius 1 is 0.732 bits per heavy atom. The minimum absolute atomic E-state index is 0. The number of aromatic nitrogens is 7. The van der Waals surface area contributed by atoms with Crippen molar-refractivity contribution in [1.82, 2.24) is 34.5 Å². The second kappa shape index (κ2) is 27.7. The molecule has 0 radical (unpaired) electrons. The van der Waals surface area contributed by atoms with Gasteiger partial charge >= 0.3 is 36.8 Å². The first-order chi connectivity index (χ1) is 25.1. The molecule has 0 saturated carbocycles. The molecule has 5 aromatic rings. The third-order valence-electron chi connectivity index (χ3n) is 6.51. The molecule has 56 heavy (non-hydrogen) atoms. The number of aryl methyl sites for hydroxylation is 5. The molecule has 0 aliphatic rings. The fraction of sp³-hybridized carbons (Fsp3) is 0.257. The van der Waals surface area contributed by atoms with E-state index in [-0.39, 0.29) is 47.7 Å². The minimum Gasteiger partial charge on any atom is -0.870 e. The molecule has 0 aliphatic heterocycles. The van der Waals surface area contributed by atoms with Gasteiger partial charge in [0.05, 0.1) is 32.0 Å². The first-order valence-electron chi connectivity index (χ1n) is 15.4. The summed E-state index contributed by atoms with van der Waals surface area (Å²) >= 11 is 4.14. The molecule has 0 bridgehead atoms. The standard InChI is InChI=1S/C12H13N3O2.C11H11N3O2.C6H8N2.C6H8O4.ClH2N.Li.2H2O/c1-8-5-4-6-13-11(8)15-10(12(16)17-3)7-9(2)14-15;1-7-4-3-5-12-10(7)14-9(11(15)16)6-8(2)13-14;1-5-3-2-4-8-6(5)7;1-4(7)3-5(8)6(9)10-2;1-2;;;/h4-7H,1-3H3;3-6H,1-2H3,(H,15,16);2-4H,1H3,(H2,7,8);3H2,1-2H3;2H2;;2*1H2/q;;;;;+1;;/p-1. The van der Waals surface area contributed by atoms with Crippen LogP contribution >= 0.6 is 11.8 Å². The molecule has 0 unspecified atom stereocenters. The van der Waals surface area contributed by atoms with Crippen LogP contribution in [0.15, 0.2) is 67.1 Å². The third kappa shape index (κ3) is 17.1. The number of anilines is 1. The van der Waals surface area contributed by atoms with E-state index >= 15 is 0 Å². The maximum Gasteiger partial charge on any atom is 1.00 e. The Morgan fingerprint density at radius 3 is 1.48 bits per heavy atom. The smallest absolute Gasteiger partial charge is 0.870 e. The van der Waals surface area contributed by atoms with Gasteiger partial charge in [-0.3, -0.25) is 9.59 Å². The number of methoxy groups -OCH3 is 2. The number of carbonyl (C=O) groups excluding carboxylic acids is 4. The van der Waals surface area contributed by atoms with Gasteiger partial charge in [0.15, 0.2) is 23.0 Å². The van der Waals surface area contributed by atoms with Crippen LogP contribution in [-0.2, 0) is 23.9 Å². The summed E-state index contributed by atoms with van der Waals surface area (Å²) in [5, 5.41) is 21.4. The normalized spacial score (nSPS) is 9.04. The Bertz CT molecular complexity index is 2000. The van der Waals surface area contributed by atoms with E-state index in [9.17, 15) is 24.0 Å².